The molecule has 0 aliphatic heterocycles. The first-order chi connectivity index (χ1) is 16.2. The van der Waals surface area contributed by atoms with Crippen molar-refractivity contribution in [2.45, 2.75) is 6.18 Å². The molecule has 0 aliphatic rings. The first-order valence-electron chi connectivity index (χ1n) is 9.69. The van der Waals surface area contributed by atoms with Gasteiger partial charge in [-0.2, -0.15) is 22.7 Å². The molecule has 0 saturated carbocycles. The van der Waals surface area contributed by atoms with Gasteiger partial charge in [0.1, 0.15) is 5.75 Å². The van der Waals surface area contributed by atoms with Crippen molar-refractivity contribution in [3.05, 3.63) is 71.7 Å². The Balaban J connectivity index is 1.76. The second kappa shape index (κ2) is 8.81. The highest BCUT2D eigenvalue weighted by molar-refractivity contribution is 6.06. The number of hydrogen-bond acceptors (Lipinski definition) is 7. The van der Waals surface area contributed by atoms with E-state index in [0.29, 0.717) is 15.8 Å². The number of ether oxygens (including phenoxy) is 2. The van der Waals surface area contributed by atoms with E-state index in [9.17, 15) is 22.8 Å². The van der Waals surface area contributed by atoms with Crippen LogP contribution < -0.4 is 10.1 Å². The van der Waals surface area contributed by atoms with Gasteiger partial charge in [0.25, 0.3) is 11.7 Å². The Hall–Kier alpha value is -4.48. The van der Waals surface area contributed by atoms with E-state index in [1.165, 1.54) is 26.4 Å². The monoisotopic (exact) mass is 471 g/mol. The molecule has 0 fully saturated rings. The summed E-state index contributed by atoms with van der Waals surface area (Å²) in [6, 6.07) is 13.0. The number of aromatic nitrogens is 4. The number of hydrogen-bond donors (Lipinski definition) is 1. The molecule has 0 radical (unpaired) electrons. The minimum Gasteiger partial charge on any atom is -0.497 e. The van der Waals surface area contributed by atoms with Crippen LogP contribution in [0.25, 0.3) is 17.0 Å². The Labute approximate surface area is 190 Å². The lowest BCUT2D eigenvalue weighted by Crippen LogP contribution is -2.17. The van der Waals surface area contributed by atoms with E-state index in [0.717, 1.165) is 6.07 Å². The van der Waals surface area contributed by atoms with Crippen molar-refractivity contribution in [3.8, 4) is 17.0 Å². The van der Waals surface area contributed by atoms with Crippen LogP contribution in [0.5, 0.6) is 5.75 Å². The van der Waals surface area contributed by atoms with E-state index in [-0.39, 0.29) is 16.9 Å². The molecule has 0 spiro atoms. The highest BCUT2D eigenvalue weighted by atomic mass is 19.4. The largest absolute Gasteiger partial charge is 0.497 e. The minimum absolute atomic E-state index is 0.0159. The summed E-state index contributed by atoms with van der Waals surface area (Å²) < 4.78 is 51.5. The molecule has 0 bridgehead atoms. The van der Waals surface area contributed by atoms with Gasteiger partial charge < -0.3 is 14.8 Å². The molecule has 0 unspecified atom stereocenters. The predicted molar refractivity (Wildman–Crippen MR) is 114 cm³/mol. The maximum atomic E-state index is 13.8. The summed E-state index contributed by atoms with van der Waals surface area (Å²) in [5.41, 5.74) is -0.656. The van der Waals surface area contributed by atoms with E-state index in [4.69, 9.17) is 4.74 Å². The number of fused-ring (bicyclic) bond motifs is 1. The SMILES string of the molecule is COC(=O)c1ccccc1NC(=O)c1nc2nc(-c3ccc(OC)cc3)cc(C(F)(F)F)n2n1. The molecule has 2 heterocycles. The van der Waals surface area contributed by atoms with Crippen LogP contribution in [-0.2, 0) is 10.9 Å². The topological polar surface area (TPSA) is 108 Å². The molecule has 34 heavy (non-hydrogen) atoms. The van der Waals surface area contributed by atoms with Crippen LogP contribution in [0.2, 0.25) is 0 Å². The van der Waals surface area contributed by atoms with Gasteiger partial charge in [-0.1, -0.05) is 12.1 Å². The van der Waals surface area contributed by atoms with Gasteiger partial charge in [0.2, 0.25) is 5.82 Å². The van der Waals surface area contributed by atoms with Crippen LogP contribution in [0.1, 0.15) is 26.7 Å². The normalized spacial score (nSPS) is 11.3. The number of nitrogens with zero attached hydrogens (tertiary/aromatic N) is 4. The fourth-order valence-corrected chi connectivity index (χ4v) is 3.13. The first kappa shape index (κ1) is 22.7. The molecule has 0 saturated heterocycles. The molecule has 12 heteroatoms. The van der Waals surface area contributed by atoms with Crippen LogP contribution in [0.15, 0.2) is 54.6 Å². The second-order valence-electron chi connectivity index (χ2n) is 6.89. The maximum absolute atomic E-state index is 13.8. The van der Waals surface area contributed by atoms with Crippen LogP contribution >= 0.6 is 0 Å². The number of carbonyl (C=O) groups excluding carboxylic acids is 2. The number of carbonyl (C=O) groups is 2. The molecule has 0 aliphatic carbocycles. The smallest absolute Gasteiger partial charge is 0.433 e. The summed E-state index contributed by atoms with van der Waals surface area (Å²) >= 11 is 0. The van der Waals surface area contributed by atoms with E-state index in [2.05, 4.69) is 25.1 Å². The van der Waals surface area contributed by atoms with Crippen LogP contribution in [-0.4, -0.2) is 45.7 Å². The van der Waals surface area contributed by atoms with Gasteiger partial charge in [0, 0.05) is 5.56 Å². The maximum Gasteiger partial charge on any atom is 0.433 e. The number of rotatable bonds is 5. The number of benzene rings is 2. The standard InChI is InChI=1S/C22H16F3N5O4/c1-33-13-9-7-12(8-10-13)16-11-17(22(23,24)25)30-21(27-16)28-18(29-30)19(31)26-15-6-4-3-5-14(15)20(32)34-2/h3-11H,1-2H3,(H,26,31). The molecule has 174 valence electrons. The molecule has 4 rings (SSSR count). The lowest BCUT2D eigenvalue weighted by atomic mass is 10.1. The fraction of sp³-hybridized carbons (Fsp3) is 0.136. The summed E-state index contributed by atoms with van der Waals surface area (Å²) in [5, 5.41) is 6.13. The van der Waals surface area contributed by atoms with Gasteiger partial charge in [-0.3, -0.25) is 4.79 Å². The zero-order valence-corrected chi connectivity index (χ0v) is 17.8. The first-order valence-corrected chi connectivity index (χ1v) is 9.69. The summed E-state index contributed by atoms with van der Waals surface area (Å²) in [6.45, 7) is 0. The molecular formula is C22H16F3N5O4. The number of para-hydroxylation sites is 1. The van der Waals surface area contributed by atoms with E-state index in [1.54, 1.807) is 36.4 Å². The average molecular weight is 471 g/mol. The highest BCUT2D eigenvalue weighted by Gasteiger charge is 2.36. The summed E-state index contributed by atoms with van der Waals surface area (Å²) in [6.07, 6.45) is -4.80. The molecule has 2 aromatic carbocycles. The summed E-state index contributed by atoms with van der Waals surface area (Å²) in [4.78, 5) is 32.6. The van der Waals surface area contributed by atoms with Gasteiger partial charge in [-0.05, 0) is 42.5 Å². The number of anilines is 1. The highest BCUT2D eigenvalue weighted by Crippen LogP contribution is 2.32. The van der Waals surface area contributed by atoms with Crippen LogP contribution in [0, 0.1) is 0 Å². The summed E-state index contributed by atoms with van der Waals surface area (Å²) in [5.74, 6) is -2.10. The number of nitrogens with one attached hydrogen (secondary N) is 1. The third-order valence-corrected chi connectivity index (χ3v) is 4.77. The number of halogens is 3. The minimum atomic E-state index is -4.80. The van der Waals surface area contributed by atoms with Crippen molar-refractivity contribution in [1.82, 2.24) is 19.6 Å². The molecule has 1 N–H and O–H groups in total. The van der Waals surface area contributed by atoms with Crippen molar-refractivity contribution in [3.63, 3.8) is 0 Å². The van der Waals surface area contributed by atoms with Crippen molar-refractivity contribution in [1.29, 1.82) is 0 Å². The van der Waals surface area contributed by atoms with Crippen molar-refractivity contribution >= 4 is 23.3 Å². The number of esters is 1. The molecule has 0 atom stereocenters. The number of amides is 1. The Morgan fingerprint density at radius 3 is 2.35 bits per heavy atom. The van der Waals surface area contributed by atoms with E-state index in [1.807, 2.05) is 0 Å². The fourth-order valence-electron chi connectivity index (χ4n) is 3.13. The van der Waals surface area contributed by atoms with Crippen molar-refractivity contribution in [2.24, 2.45) is 0 Å². The third kappa shape index (κ3) is 4.37. The lowest BCUT2D eigenvalue weighted by Gasteiger charge is -2.10. The van der Waals surface area contributed by atoms with Crippen molar-refractivity contribution in [2.75, 3.05) is 19.5 Å². The van der Waals surface area contributed by atoms with Gasteiger partial charge in [0.05, 0.1) is 31.2 Å². The van der Waals surface area contributed by atoms with Gasteiger partial charge in [0.15, 0.2) is 5.69 Å². The third-order valence-electron chi connectivity index (χ3n) is 4.77. The molecule has 4 aromatic rings. The molecule has 9 nitrogen and oxygen atoms in total. The molecule has 1 amide bonds. The zero-order chi connectivity index (χ0) is 24.5. The van der Waals surface area contributed by atoms with E-state index >= 15 is 0 Å². The number of alkyl halides is 3. The number of methoxy groups -OCH3 is 2. The van der Waals surface area contributed by atoms with Crippen molar-refractivity contribution < 1.29 is 32.2 Å². The Kier molecular flexibility index (Phi) is 5.88. The summed E-state index contributed by atoms with van der Waals surface area (Å²) in [7, 11) is 2.64. The molecule has 2 aromatic heterocycles. The second-order valence-corrected chi connectivity index (χ2v) is 6.89. The quantitative estimate of drug-likeness (QED) is 0.441. The Morgan fingerprint density at radius 1 is 1.00 bits per heavy atom. The molecular weight excluding hydrogens is 455 g/mol. The average Bonchev–Trinajstić information content (AvgIpc) is 3.27. The van der Waals surface area contributed by atoms with Gasteiger partial charge in [-0.25, -0.2) is 9.78 Å². The van der Waals surface area contributed by atoms with E-state index < -0.39 is 35.3 Å². The Bertz CT molecular complexity index is 1380. The zero-order valence-electron chi connectivity index (χ0n) is 17.8. The predicted octanol–water partition coefficient (Wildman–Crippen LogP) is 3.86. The Morgan fingerprint density at radius 2 is 1.71 bits per heavy atom. The van der Waals surface area contributed by atoms with Crippen LogP contribution in [0.3, 0.4) is 0 Å². The van der Waals surface area contributed by atoms with Gasteiger partial charge >= 0.3 is 12.1 Å². The van der Waals surface area contributed by atoms with Crippen LogP contribution in [0.4, 0.5) is 18.9 Å². The lowest BCUT2D eigenvalue weighted by molar-refractivity contribution is -0.142. The van der Waals surface area contributed by atoms with Gasteiger partial charge in [-0.15, -0.1) is 5.10 Å².